The number of nitrogens with zero attached hydrogens (tertiary/aromatic N) is 2. The minimum absolute atomic E-state index is 0.151. The van der Waals surface area contributed by atoms with Gasteiger partial charge < -0.3 is 19.4 Å². The number of carbonyl (C=O) groups excluding carboxylic acids is 3. The second-order valence-corrected chi connectivity index (χ2v) is 6.36. The lowest BCUT2D eigenvalue weighted by Gasteiger charge is -2.37. The van der Waals surface area contributed by atoms with Crippen molar-refractivity contribution >= 4 is 40.0 Å². The standard InChI is InChI=1S/C15H13N3O7S/c1-24-15(21)9-4-5-26-13(9)16-12(19)8-6-17(7-8)14(20)10-2-3-11(25-10)18(22)23/h2-5,8H,6-7H2,1H3,(H,16,19). The number of esters is 1. The van der Waals surface area contributed by atoms with Gasteiger partial charge in [-0.25, -0.2) is 4.79 Å². The highest BCUT2D eigenvalue weighted by molar-refractivity contribution is 7.14. The Kier molecular flexibility index (Phi) is 4.71. The van der Waals surface area contributed by atoms with Crippen LogP contribution in [0, 0.1) is 16.0 Å². The number of furan rings is 1. The lowest BCUT2D eigenvalue weighted by atomic mass is 9.99. The van der Waals surface area contributed by atoms with Gasteiger partial charge in [-0.1, -0.05) is 0 Å². The molecule has 2 aromatic heterocycles. The van der Waals surface area contributed by atoms with E-state index in [1.807, 2.05) is 0 Å². The van der Waals surface area contributed by atoms with E-state index in [1.165, 1.54) is 29.4 Å². The smallest absolute Gasteiger partial charge is 0.433 e. The Labute approximate surface area is 150 Å². The van der Waals surface area contributed by atoms with Crippen LogP contribution in [0.1, 0.15) is 20.9 Å². The summed E-state index contributed by atoms with van der Waals surface area (Å²) in [6.07, 6.45) is 0. The van der Waals surface area contributed by atoms with E-state index in [4.69, 9.17) is 4.42 Å². The maximum Gasteiger partial charge on any atom is 0.433 e. The number of methoxy groups -OCH3 is 1. The van der Waals surface area contributed by atoms with Crippen molar-refractivity contribution < 1.29 is 28.5 Å². The van der Waals surface area contributed by atoms with Crippen molar-refractivity contribution in [2.75, 3.05) is 25.5 Å². The van der Waals surface area contributed by atoms with Crippen molar-refractivity contribution in [2.24, 2.45) is 5.92 Å². The van der Waals surface area contributed by atoms with Crippen molar-refractivity contribution in [2.45, 2.75) is 0 Å². The summed E-state index contributed by atoms with van der Waals surface area (Å²) in [6.45, 7) is 0.302. The Morgan fingerprint density at radius 2 is 2.08 bits per heavy atom. The molecule has 136 valence electrons. The monoisotopic (exact) mass is 379 g/mol. The van der Waals surface area contributed by atoms with Gasteiger partial charge in [0.05, 0.1) is 24.7 Å². The molecular formula is C15H13N3O7S. The summed E-state index contributed by atoms with van der Waals surface area (Å²) in [4.78, 5) is 47.2. The Balaban J connectivity index is 1.57. The van der Waals surface area contributed by atoms with E-state index in [9.17, 15) is 24.5 Å². The molecule has 0 bridgehead atoms. The number of hydrogen-bond acceptors (Lipinski definition) is 8. The lowest BCUT2D eigenvalue weighted by molar-refractivity contribution is -0.402. The molecule has 1 N–H and O–H groups in total. The number of amides is 2. The third kappa shape index (κ3) is 3.28. The first kappa shape index (κ1) is 17.6. The Morgan fingerprint density at radius 3 is 2.69 bits per heavy atom. The van der Waals surface area contributed by atoms with Crippen molar-refractivity contribution in [3.63, 3.8) is 0 Å². The van der Waals surface area contributed by atoms with Crippen molar-refractivity contribution in [3.8, 4) is 0 Å². The van der Waals surface area contributed by atoms with Gasteiger partial charge in [0.1, 0.15) is 9.92 Å². The molecule has 10 nitrogen and oxygen atoms in total. The quantitative estimate of drug-likeness (QED) is 0.475. The summed E-state index contributed by atoms with van der Waals surface area (Å²) < 4.78 is 9.50. The molecule has 3 rings (SSSR count). The minimum atomic E-state index is -0.733. The van der Waals surface area contributed by atoms with Gasteiger partial charge in [0.25, 0.3) is 5.91 Å². The molecule has 3 heterocycles. The highest BCUT2D eigenvalue weighted by Gasteiger charge is 2.38. The molecule has 11 heteroatoms. The van der Waals surface area contributed by atoms with Crippen LogP contribution in [0.4, 0.5) is 10.9 Å². The minimum Gasteiger partial charge on any atom is -0.465 e. The van der Waals surface area contributed by atoms with Crippen molar-refractivity contribution in [1.82, 2.24) is 4.90 Å². The van der Waals surface area contributed by atoms with Gasteiger partial charge in [0.15, 0.2) is 5.76 Å². The van der Waals surface area contributed by atoms with E-state index in [2.05, 4.69) is 10.1 Å². The number of ether oxygens (including phenoxy) is 1. The fourth-order valence-corrected chi connectivity index (χ4v) is 3.18. The van der Waals surface area contributed by atoms with Crippen LogP contribution in [-0.2, 0) is 9.53 Å². The van der Waals surface area contributed by atoms with Crippen LogP contribution in [0.2, 0.25) is 0 Å². The zero-order chi connectivity index (χ0) is 18.8. The molecule has 0 spiro atoms. The van der Waals surface area contributed by atoms with E-state index in [1.54, 1.807) is 11.4 Å². The van der Waals surface area contributed by atoms with Gasteiger partial charge in [-0.15, -0.1) is 11.3 Å². The lowest BCUT2D eigenvalue weighted by Crippen LogP contribution is -2.54. The van der Waals surface area contributed by atoms with E-state index >= 15 is 0 Å². The largest absolute Gasteiger partial charge is 0.465 e. The molecule has 1 aliphatic heterocycles. The third-order valence-corrected chi connectivity index (χ3v) is 4.66. The summed E-state index contributed by atoms with van der Waals surface area (Å²) in [5.74, 6) is -2.51. The summed E-state index contributed by atoms with van der Waals surface area (Å²) in [7, 11) is 1.25. The Bertz CT molecular complexity index is 881. The number of anilines is 1. The first-order valence-corrected chi connectivity index (χ1v) is 8.29. The van der Waals surface area contributed by atoms with Crippen LogP contribution in [0.5, 0.6) is 0 Å². The molecule has 2 amide bonds. The molecule has 1 fully saturated rings. The molecule has 26 heavy (non-hydrogen) atoms. The summed E-state index contributed by atoms with van der Waals surface area (Å²) in [5.41, 5.74) is 0.265. The second kappa shape index (κ2) is 6.96. The van der Waals surface area contributed by atoms with Gasteiger partial charge in [-0.3, -0.25) is 19.7 Å². The van der Waals surface area contributed by atoms with E-state index < -0.39 is 28.6 Å². The molecule has 0 aliphatic carbocycles. The third-order valence-electron chi connectivity index (χ3n) is 3.83. The number of nitro groups is 1. The van der Waals surface area contributed by atoms with Crippen molar-refractivity contribution in [3.05, 3.63) is 45.0 Å². The second-order valence-electron chi connectivity index (χ2n) is 5.45. The van der Waals surface area contributed by atoms with Crippen molar-refractivity contribution in [1.29, 1.82) is 0 Å². The van der Waals surface area contributed by atoms with Gasteiger partial charge in [0.2, 0.25) is 5.91 Å². The number of thiophene rings is 1. The van der Waals surface area contributed by atoms with E-state index in [-0.39, 0.29) is 30.3 Å². The van der Waals surface area contributed by atoms with Crippen LogP contribution in [0.15, 0.2) is 28.0 Å². The fraction of sp³-hybridized carbons (Fsp3) is 0.267. The highest BCUT2D eigenvalue weighted by Crippen LogP contribution is 2.27. The summed E-state index contributed by atoms with van der Waals surface area (Å²) in [6, 6.07) is 3.87. The maximum absolute atomic E-state index is 12.2. The first-order valence-electron chi connectivity index (χ1n) is 7.41. The summed E-state index contributed by atoms with van der Waals surface area (Å²) in [5, 5.41) is 15.3. The molecule has 0 unspecified atom stereocenters. The average molecular weight is 379 g/mol. The zero-order valence-electron chi connectivity index (χ0n) is 13.5. The van der Waals surface area contributed by atoms with Crippen LogP contribution >= 0.6 is 11.3 Å². The molecule has 2 aromatic rings. The predicted octanol–water partition coefficient (Wildman–Crippen LogP) is 1.75. The van der Waals surface area contributed by atoms with Gasteiger partial charge in [-0.05, 0) is 17.5 Å². The molecular weight excluding hydrogens is 366 g/mol. The molecule has 0 saturated carbocycles. The molecule has 1 saturated heterocycles. The molecule has 0 atom stereocenters. The van der Waals surface area contributed by atoms with Gasteiger partial charge in [0, 0.05) is 13.1 Å². The predicted molar refractivity (Wildman–Crippen MR) is 89.0 cm³/mol. The molecule has 1 aliphatic rings. The number of nitrogens with one attached hydrogen (secondary N) is 1. The van der Waals surface area contributed by atoms with Crippen LogP contribution in [-0.4, -0.2) is 47.8 Å². The van der Waals surface area contributed by atoms with E-state index in [0.717, 1.165) is 6.07 Å². The normalized spacial score (nSPS) is 13.8. The van der Waals surface area contributed by atoms with Gasteiger partial charge in [-0.2, -0.15) is 0 Å². The Hall–Kier alpha value is -3.21. The van der Waals surface area contributed by atoms with E-state index in [0.29, 0.717) is 5.00 Å². The van der Waals surface area contributed by atoms with Crippen LogP contribution in [0.25, 0.3) is 0 Å². The van der Waals surface area contributed by atoms with Gasteiger partial charge >= 0.3 is 11.9 Å². The SMILES string of the molecule is COC(=O)c1ccsc1NC(=O)C1CN(C(=O)c2ccc([N+](=O)[O-])o2)C1. The van der Waals surface area contributed by atoms with Crippen LogP contribution in [0.3, 0.4) is 0 Å². The number of carbonyl (C=O) groups is 3. The average Bonchev–Trinajstić information content (AvgIpc) is 3.21. The Morgan fingerprint density at radius 1 is 1.35 bits per heavy atom. The number of likely N-dealkylation sites (tertiary alicyclic amines) is 1. The number of rotatable bonds is 5. The van der Waals surface area contributed by atoms with Crippen LogP contribution < -0.4 is 5.32 Å². The first-order chi connectivity index (χ1) is 12.4. The molecule has 0 radical (unpaired) electrons. The number of hydrogen-bond donors (Lipinski definition) is 1. The molecule has 0 aromatic carbocycles. The fourth-order valence-electron chi connectivity index (χ4n) is 2.40. The topological polar surface area (TPSA) is 132 Å². The summed E-state index contributed by atoms with van der Waals surface area (Å²) >= 11 is 1.19. The maximum atomic E-state index is 12.2. The zero-order valence-corrected chi connectivity index (χ0v) is 14.3. The highest BCUT2D eigenvalue weighted by atomic mass is 32.1.